The number of hydrogen-bond acceptors (Lipinski definition) is 5. The standard InChI is InChI=1S/C15H20N2O3/c1-2-20-15(18)13-19-12-11-17(10-6-9-16)14-7-4-3-5-8-14/h3-5,7-8H,2,6,10-13H2,1H3. The smallest absolute Gasteiger partial charge is 0.332 e. The zero-order valence-electron chi connectivity index (χ0n) is 11.7. The lowest BCUT2D eigenvalue weighted by atomic mass is 10.2. The Morgan fingerprint density at radius 2 is 2.05 bits per heavy atom. The zero-order valence-corrected chi connectivity index (χ0v) is 11.7. The molecule has 0 N–H and O–H groups in total. The summed E-state index contributed by atoms with van der Waals surface area (Å²) in [7, 11) is 0. The van der Waals surface area contributed by atoms with E-state index in [2.05, 4.69) is 11.0 Å². The van der Waals surface area contributed by atoms with Crippen LogP contribution in [0.1, 0.15) is 13.3 Å². The fourth-order valence-corrected chi connectivity index (χ4v) is 1.73. The highest BCUT2D eigenvalue weighted by Crippen LogP contribution is 2.13. The molecule has 108 valence electrons. The number of nitrogens with zero attached hydrogens (tertiary/aromatic N) is 2. The highest BCUT2D eigenvalue weighted by atomic mass is 16.6. The lowest BCUT2D eigenvalue weighted by Gasteiger charge is -2.23. The molecule has 1 aromatic rings. The molecular weight excluding hydrogens is 256 g/mol. The Bertz CT molecular complexity index is 428. The largest absolute Gasteiger partial charge is 0.464 e. The van der Waals surface area contributed by atoms with E-state index >= 15 is 0 Å². The van der Waals surface area contributed by atoms with Crippen LogP contribution in [0.15, 0.2) is 30.3 Å². The molecule has 0 amide bonds. The number of nitriles is 1. The van der Waals surface area contributed by atoms with Crippen LogP contribution >= 0.6 is 0 Å². The van der Waals surface area contributed by atoms with E-state index in [1.165, 1.54) is 0 Å². The van der Waals surface area contributed by atoms with Crippen LogP contribution in [-0.2, 0) is 14.3 Å². The first kappa shape index (κ1) is 16.0. The highest BCUT2D eigenvalue weighted by Gasteiger charge is 2.07. The molecule has 0 unspecified atom stereocenters. The van der Waals surface area contributed by atoms with Crippen molar-refractivity contribution in [3.05, 3.63) is 30.3 Å². The van der Waals surface area contributed by atoms with Crippen LogP contribution < -0.4 is 4.90 Å². The van der Waals surface area contributed by atoms with Crippen molar-refractivity contribution in [3.63, 3.8) is 0 Å². The lowest BCUT2D eigenvalue weighted by molar-refractivity contribution is -0.148. The Morgan fingerprint density at radius 3 is 2.70 bits per heavy atom. The normalized spacial score (nSPS) is 9.80. The van der Waals surface area contributed by atoms with Gasteiger partial charge in [0.25, 0.3) is 0 Å². The molecule has 0 aliphatic carbocycles. The SMILES string of the molecule is CCOC(=O)COCCN(CCC#N)c1ccccc1. The third-order valence-electron chi connectivity index (χ3n) is 2.65. The first-order valence-electron chi connectivity index (χ1n) is 6.68. The van der Waals surface area contributed by atoms with Gasteiger partial charge in [-0.1, -0.05) is 18.2 Å². The second-order valence-corrected chi connectivity index (χ2v) is 4.09. The van der Waals surface area contributed by atoms with E-state index in [0.29, 0.717) is 32.7 Å². The number of carbonyl (C=O) groups is 1. The maximum atomic E-state index is 11.1. The quantitative estimate of drug-likeness (QED) is 0.510. The molecule has 1 aromatic carbocycles. The van der Waals surface area contributed by atoms with Crippen molar-refractivity contribution in [1.82, 2.24) is 0 Å². The molecule has 0 aromatic heterocycles. The molecule has 1 rings (SSSR count). The summed E-state index contributed by atoms with van der Waals surface area (Å²) in [5.41, 5.74) is 1.04. The molecule has 0 saturated heterocycles. The van der Waals surface area contributed by atoms with Crippen molar-refractivity contribution in [3.8, 4) is 6.07 Å². The first-order valence-corrected chi connectivity index (χ1v) is 6.68. The number of carbonyl (C=O) groups excluding carboxylic acids is 1. The Labute approximate surface area is 119 Å². The maximum absolute atomic E-state index is 11.1. The number of rotatable bonds is 9. The predicted octanol–water partition coefficient (Wildman–Crippen LogP) is 1.99. The fraction of sp³-hybridized carbons (Fsp3) is 0.467. The second kappa shape index (κ2) is 9.82. The Morgan fingerprint density at radius 1 is 1.30 bits per heavy atom. The lowest BCUT2D eigenvalue weighted by Crippen LogP contribution is -2.29. The van der Waals surface area contributed by atoms with Crippen LogP contribution in [0.3, 0.4) is 0 Å². The van der Waals surface area contributed by atoms with E-state index in [1.807, 2.05) is 30.3 Å². The summed E-state index contributed by atoms with van der Waals surface area (Å²) in [6.07, 6.45) is 0.451. The number of para-hydroxylation sites is 1. The van der Waals surface area contributed by atoms with Gasteiger partial charge >= 0.3 is 5.97 Å². The molecule has 0 fully saturated rings. The van der Waals surface area contributed by atoms with E-state index in [1.54, 1.807) is 6.92 Å². The third kappa shape index (κ3) is 6.21. The number of ether oxygens (including phenoxy) is 2. The van der Waals surface area contributed by atoms with E-state index in [9.17, 15) is 4.79 Å². The van der Waals surface area contributed by atoms with Gasteiger partial charge in [0.2, 0.25) is 0 Å². The monoisotopic (exact) mass is 276 g/mol. The van der Waals surface area contributed by atoms with Gasteiger partial charge in [0.1, 0.15) is 6.61 Å². The molecule has 0 saturated carbocycles. The average Bonchev–Trinajstić information content (AvgIpc) is 2.47. The Kier molecular flexibility index (Phi) is 7.85. The minimum Gasteiger partial charge on any atom is -0.464 e. The third-order valence-corrected chi connectivity index (χ3v) is 2.65. The first-order chi connectivity index (χ1) is 9.77. The van der Waals surface area contributed by atoms with Crippen LogP contribution in [0.4, 0.5) is 5.69 Å². The van der Waals surface area contributed by atoms with E-state index in [4.69, 9.17) is 14.7 Å². The minimum absolute atomic E-state index is 0.0330. The topological polar surface area (TPSA) is 62.6 Å². The summed E-state index contributed by atoms with van der Waals surface area (Å²) in [4.78, 5) is 13.2. The van der Waals surface area contributed by atoms with Gasteiger partial charge in [-0.3, -0.25) is 0 Å². The van der Waals surface area contributed by atoms with Crippen molar-refractivity contribution in [2.24, 2.45) is 0 Å². The van der Waals surface area contributed by atoms with Gasteiger partial charge in [-0.05, 0) is 19.1 Å². The van der Waals surface area contributed by atoms with E-state index in [0.717, 1.165) is 5.69 Å². The highest BCUT2D eigenvalue weighted by molar-refractivity contribution is 5.70. The molecular formula is C15H20N2O3. The van der Waals surface area contributed by atoms with Gasteiger partial charge in [-0.15, -0.1) is 0 Å². The molecule has 0 heterocycles. The van der Waals surface area contributed by atoms with Crippen molar-refractivity contribution in [1.29, 1.82) is 5.26 Å². The van der Waals surface area contributed by atoms with Crippen molar-refractivity contribution >= 4 is 11.7 Å². The number of anilines is 1. The van der Waals surface area contributed by atoms with Gasteiger partial charge in [0.15, 0.2) is 0 Å². The maximum Gasteiger partial charge on any atom is 0.332 e. The Balaban J connectivity index is 2.38. The van der Waals surface area contributed by atoms with Crippen molar-refractivity contribution in [2.75, 3.05) is 37.8 Å². The molecule has 5 heteroatoms. The van der Waals surface area contributed by atoms with Crippen LogP contribution in [0.2, 0.25) is 0 Å². The van der Waals surface area contributed by atoms with Crippen LogP contribution in [0.25, 0.3) is 0 Å². The number of benzene rings is 1. The van der Waals surface area contributed by atoms with E-state index in [-0.39, 0.29) is 12.6 Å². The summed E-state index contributed by atoms with van der Waals surface area (Å²) in [5, 5.41) is 8.70. The second-order valence-electron chi connectivity index (χ2n) is 4.09. The van der Waals surface area contributed by atoms with Gasteiger partial charge in [0.05, 0.1) is 25.7 Å². The molecule has 0 aliphatic rings. The van der Waals surface area contributed by atoms with Gasteiger partial charge in [0, 0.05) is 18.8 Å². The number of esters is 1. The van der Waals surface area contributed by atoms with Crippen LogP contribution in [0, 0.1) is 11.3 Å². The van der Waals surface area contributed by atoms with Crippen LogP contribution in [-0.4, -0.2) is 38.9 Å². The molecule has 0 bridgehead atoms. The molecule has 0 atom stereocenters. The summed E-state index contributed by atoms with van der Waals surface area (Å²) in [6, 6.07) is 12.0. The van der Waals surface area contributed by atoms with Crippen LogP contribution in [0.5, 0.6) is 0 Å². The minimum atomic E-state index is -0.351. The summed E-state index contributed by atoms with van der Waals surface area (Å²) < 4.78 is 10.1. The number of hydrogen-bond donors (Lipinski definition) is 0. The van der Waals surface area contributed by atoms with Gasteiger partial charge < -0.3 is 14.4 Å². The van der Waals surface area contributed by atoms with Crippen molar-refractivity contribution < 1.29 is 14.3 Å². The van der Waals surface area contributed by atoms with Crippen molar-refractivity contribution in [2.45, 2.75) is 13.3 Å². The summed E-state index contributed by atoms with van der Waals surface area (Å²) in [6.45, 7) is 3.78. The molecule has 0 spiro atoms. The molecule has 0 radical (unpaired) electrons. The average molecular weight is 276 g/mol. The zero-order chi connectivity index (χ0) is 14.6. The predicted molar refractivity (Wildman–Crippen MR) is 76.3 cm³/mol. The summed E-state index contributed by atoms with van der Waals surface area (Å²) >= 11 is 0. The Hall–Kier alpha value is -2.06. The fourth-order valence-electron chi connectivity index (χ4n) is 1.73. The molecule has 0 aliphatic heterocycles. The molecule has 20 heavy (non-hydrogen) atoms. The summed E-state index contributed by atoms with van der Waals surface area (Å²) in [5.74, 6) is -0.351. The van der Waals surface area contributed by atoms with E-state index < -0.39 is 0 Å². The van der Waals surface area contributed by atoms with Gasteiger partial charge in [-0.2, -0.15) is 5.26 Å². The molecule has 5 nitrogen and oxygen atoms in total. The van der Waals surface area contributed by atoms with Gasteiger partial charge in [-0.25, -0.2) is 4.79 Å².